The third kappa shape index (κ3) is 4.97. The molecular formula is C18H30N6O3. The van der Waals surface area contributed by atoms with E-state index in [1.165, 1.54) is 12.8 Å². The average molecular weight is 378 g/mol. The van der Waals surface area contributed by atoms with Crippen molar-refractivity contribution in [3.8, 4) is 0 Å². The van der Waals surface area contributed by atoms with Gasteiger partial charge in [-0.05, 0) is 19.8 Å². The van der Waals surface area contributed by atoms with Crippen molar-refractivity contribution in [3.63, 3.8) is 0 Å². The van der Waals surface area contributed by atoms with Crippen LogP contribution in [0.15, 0.2) is 6.33 Å². The van der Waals surface area contributed by atoms with Gasteiger partial charge in [-0.3, -0.25) is 4.79 Å². The minimum atomic E-state index is -0.237. The van der Waals surface area contributed by atoms with E-state index in [2.05, 4.69) is 15.5 Å². The molecule has 1 N–H and O–H groups in total. The van der Waals surface area contributed by atoms with Crippen LogP contribution in [0.5, 0.6) is 0 Å². The van der Waals surface area contributed by atoms with Crippen LogP contribution < -0.4 is 5.32 Å². The highest BCUT2D eigenvalue weighted by molar-refractivity contribution is 5.79. The van der Waals surface area contributed by atoms with E-state index in [-0.39, 0.29) is 30.4 Å². The molecule has 1 aliphatic carbocycles. The second-order valence-corrected chi connectivity index (χ2v) is 7.34. The van der Waals surface area contributed by atoms with E-state index in [0.717, 1.165) is 25.2 Å². The predicted molar refractivity (Wildman–Crippen MR) is 98.9 cm³/mol. The summed E-state index contributed by atoms with van der Waals surface area (Å²) in [6.07, 6.45) is 6.33. The summed E-state index contributed by atoms with van der Waals surface area (Å²) >= 11 is 0. The first-order valence-corrected chi connectivity index (χ1v) is 9.84. The van der Waals surface area contributed by atoms with E-state index >= 15 is 0 Å². The van der Waals surface area contributed by atoms with Crippen LogP contribution in [0.25, 0.3) is 0 Å². The molecule has 0 aromatic carbocycles. The minimum absolute atomic E-state index is 0.0326. The van der Waals surface area contributed by atoms with Crippen molar-refractivity contribution < 1.29 is 14.3 Å². The minimum Gasteiger partial charge on any atom is -0.377 e. The SMILES string of the molecule is CCn1cnnc1CN(C)C(=O)C[C@H]1COCCN1C(=O)NC1CCCC1. The van der Waals surface area contributed by atoms with Crippen LogP contribution in [0.2, 0.25) is 0 Å². The Morgan fingerprint density at radius 3 is 2.89 bits per heavy atom. The van der Waals surface area contributed by atoms with Gasteiger partial charge in [0.2, 0.25) is 5.91 Å². The Labute approximate surface area is 160 Å². The molecule has 2 heterocycles. The van der Waals surface area contributed by atoms with E-state index in [9.17, 15) is 9.59 Å². The van der Waals surface area contributed by atoms with Gasteiger partial charge in [0, 0.05) is 32.6 Å². The number of amides is 3. The Morgan fingerprint density at radius 2 is 2.15 bits per heavy atom. The molecule has 0 radical (unpaired) electrons. The molecule has 0 spiro atoms. The second-order valence-electron chi connectivity index (χ2n) is 7.34. The molecule has 1 aromatic rings. The summed E-state index contributed by atoms with van der Waals surface area (Å²) < 4.78 is 7.45. The van der Waals surface area contributed by atoms with Gasteiger partial charge in [0.15, 0.2) is 5.82 Å². The maximum absolute atomic E-state index is 12.7. The van der Waals surface area contributed by atoms with E-state index in [0.29, 0.717) is 26.3 Å². The summed E-state index contributed by atoms with van der Waals surface area (Å²) in [6, 6.07) is -0.0460. The van der Waals surface area contributed by atoms with Crippen LogP contribution in [-0.2, 0) is 22.6 Å². The number of aromatic nitrogens is 3. The van der Waals surface area contributed by atoms with E-state index < -0.39 is 0 Å². The molecule has 3 amide bonds. The topological polar surface area (TPSA) is 92.6 Å². The fourth-order valence-electron chi connectivity index (χ4n) is 3.74. The number of aryl methyl sites for hydroxylation is 1. The summed E-state index contributed by atoms with van der Waals surface area (Å²) in [5.74, 6) is 0.721. The quantitative estimate of drug-likeness (QED) is 0.797. The van der Waals surface area contributed by atoms with Gasteiger partial charge in [0.1, 0.15) is 6.33 Å². The highest BCUT2D eigenvalue weighted by atomic mass is 16.5. The number of hydrogen-bond donors (Lipinski definition) is 1. The van der Waals surface area contributed by atoms with Crippen molar-refractivity contribution in [2.75, 3.05) is 26.8 Å². The molecular weight excluding hydrogens is 348 g/mol. The largest absolute Gasteiger partial charge is 0.377 e. The van der Waals surface area contributed by atoms with Crippen molar-refractivity contribution in [3.05, 3.63) is 12.2 Å². The fraction of sp³-hybridized carbons (Fsp3) is 0.778. The lowest BCUT2D eigenvalue weighted by molar-refractivity contribution is -0.133. The lowest BCUT2D eigenvalue weighted by Crippen LogP contribution is -2.55. The summed E-state index contributed by atoms with van der Waals surface area (Å²) in [5, 5.41) is 11.1. The molecule has 27 heavy (non-hydrogen) atoms. The van der Waals surface area contributed by atoms with Crippen molar-refractivity contribution >= 4 is 11.9 Å². The first-order chi connectivity index (χ1) is 13.1. The number of hydrogen-bond acceptors (Lipinski definition) is 5. The molecule has 2 aliphatic rings. The number of nitrogens with one attached hydrogen (secondary N) is 1. The number of nitrogens with zero attached hydrogens (tertiary/aromatic N) is 5. The van der Waals surface area contributed by atoms with Gasteiger partial charge in [0.25, 0.3) is 0 Å². The molecule has 1 aliphatic heterocycles. The van der Waals surface area contributed by atoms with Crippen LogP contribution in [0.3, 0.4) is 0 Å². The number of rotatable bonds is 6. The first-order valence-electron chi connectivity index (χ1n) is 9.84. The van der Waals surface area contributed by atoms with Crippen molar-refractivity contribution in [2.45, 2.75) is 64.2 Å². The van der Waals surface area contributed by atoms with Crippen LogP contribution in [0, 0.1) is 0 Å². The number of carbonyl (C=O) groups is 2. The monoisotopic (exact) mass is 378 g/mol. The maximum Gasteiger partial charge on any atom is 0.318 e. The molecule has 0 bridgehead atoms. The lowest BCUT2D eigenvalue weighted by atomic mass is 10.1. The van der Waals surface area contributed by atoms with Crippen LogP contribution in [0.4, 0.5) is 4.79 Å². The molecule has 1 aromatic heterocycles. The van der Waals surface area contributed by atoms with Crippen molar-refractivity contribution in [1.29, 1.82) is 0 Å². The van der Waals surface area contributed by atoms with Crippen LogP contribution in [-0.4, -0.2) is 75.4 Å². The molecule has 150 valence electrons. The lowest BCUT2D eigenvalue weighted by Gasteiger charge is -2.36. The molecule has 1 saturated heterocycles. The second kappa shape index (κ2) is 9.16. The van der Waals surface area contributed by atoms with Gasteiger partial charge in [-0.1, -0.05) is 12.8 Å². The Kier molecular flexibility index (Phi) is 6.65. The van der Waals surface area contributed by atoms with E-state index in [1.807, 2.05) is 11.5 Å². The number of morpholine rings is 1. The van der Waals surface area contributed by atoms with E-state index in [1.54, 1.807) is 23.2 Å². The van der Waals surface area contributed by atoms with Crippen molar-refractivity contribution in [1.82, 2.24) is 29.9 Å². The normalized spacial score (nSPS) is 20.7. The molecule has 2 fully saturated rings. The summed E-state index contributed by atoms with van der Waals surface area (Å²) in [4.78, 5) is 28.8. The molecule has 1 saturated carbocycles. The molecule has 9 nitrogen and oxygen atoms in total. The average Bonchev–Trinajstić information content (AvgIpc) is 3.33. The van der Waals surface area contributed by atoms with Gasteiger partial charge in [-0.25, -0.2) is 4.79 Å². The summed E-state index contributed by atoms with van der Waals surface area (Å²) in [6.45, 7) is 4.59. The number of ether oxygens (including phenoxy) is 1. The zero-order chi connectivity index (χ0) is 19.2. The fourth-order valence-corrected chi connectivity index (χ4v) is 3.74. The zero-order valence-corrected chi connectivity index (χ0v) is 16.3. The first kappa shape index (κ1) is 19.6. The highest BCUT2D eigenvalue weighted by Crippen LogP contribution is 2.19. The molecule has 0 unspecified atom stereocenters. The highest BCUT2D eigenvalue weighted by Gasteiger charge is 2.31. The standard InChI is InChI=1S/C18H30N6O3/c1-3-23-13-19-21-16(23)11-22(2)17(25)10-15-12-27-9-8-24(15)18(26)20-14-6-4-5-7-14/h13-15H,3-12H2,1-2H3,(H,20,26)/t15-/m0/s1. The van der Waals surface area contributed by atoms with Gasteiger partial charge in [-0.15, -0.1) is 10.2 Å². The van der Waals surface area contributed by atoms with Gasteiger partial charge >= 0.3 is 6.03 Å². The smallest absolute Gasteiger partial charge is 0.318 e. The van der Waals surface area contributed by atoms with Gasteiger partial charge in [-0.2, -0.15) is 0 Å². The molecule has 3 rings (SSSR count). The van der Waals surface area contributed by atoms with Gasteiger partial charge < -0.3 is 24.4 Å². The number of urea groups is 1. The van der Waals surface area contributed by atoms with Crippen LogP contribution in [0.1, 0.15) is 44.9 Å². The third-order valence-electron chi connectivity index (χ3n) is 5.42. The Morgan fingerprint density at radius 1 is 1.37 bits per heavy atom. The van der Waals surface area contributed by atoms with E-state index in [4.69, 9.17) is 4.74 Å². The Bertz CT molecular complexity index is 643. The van der Waals surface area contributed by atoms with Crippen molar-refractivity contribution in [2.24, 2.45) is 0 Å². The summed E-state index contributed by atoms with van der Waals surface area (Å²) in [5.41, 5.74) is 0. The van der Waals surface area contributed by atoms with Gasteiger partial charge in [0.05, 0.1) is 25.8 Å². The maximum atomic E-state index is 12.7. The Balaban J connectivity index is 1.56. The predicted octanol–water partition coefficient (Wildman–Crippen LogP) is 1.000. The third-order valence-corrected chi connectivity index (χ3v) is 5.42. The number of carbonyl (C=O) groups excluding carboxylic acids is 2. The summed E-state index contributed by atoms with van der Waals surface area (Å²) in [7, 11) is 1.75. The zero-order valence-electron chi connectivity index (χ0n) is 16.3. The molecule has 1 atom stereocenters. The molecule has 9 heteroatoms. The Hall–Kier alpha value is -2.16. The van der Waals surface area contributed by atoms with Crippen LogP contribution >= 0.6 is 0 Å².